The van der Waals surface area contributed by atoms with Crippen LogP contribution in [0.3, 0.4) is 0 Å². The average Bonchev–Trinajstić information content (AvgIpc) is 3.24. The number of carbonyl (C=O) groups is 1. The Balaban J connectivity index is 1.56. The van der Waals surface area contributed by atoms with Crippen molar-refractivity contribution in [2.45, 2.75) is 32.2 Å². The van der Waals surface area contributed by atoms with Gasteiger partial charge in [0.1, 0.15) is 5.75 Å². The van der Waals surface area contributed by atoms with E-state index in [0.717, 1.165) is 42.3 Å². The molecular weight excluding hydrogens is 322 g/mol. The average molecular weight is 345 g/mol. The number of aromatic nitrogens is 1. The number of amides is 2. The summed E-state index contributed by atoms with van der Waals surface area (Å²) < 4.78 is 5.21. The zero-order valence-electron chi connectivity index (χ0n) is 14.1. The molecule has 1 aromatic carbocycles. The van der Waals surface area contributed by atoms with Gasteiger partial charge in [-0.15, -0.1) is 11.3 Å². The summed E-state index contributed by atoms with van der Waals surface area (Å²) in [5, 5.41) is 6.15. The molecule has 6 heteroatoms. The normalized spacial score (nSPS) is 17.1. The molecule has 3 rings (SSSR count). The second-order valence-corrected chi connectivity index (χ2v) is 7.03. The number of hydrogen-bond acceptors (Lipinski definition) is 4. The molecule has 2 aromatic rings. The van der Waals surface area contributed by atoms with Crippen molar-refractivity contribution in [1.29, 1.82) is 0 Å². The fourth-order valence-electron chi connectivity index (χ4n) is 3.10. The number of hydrogen-bond donors (Lipinski definition) is 1. The van der Waals surface area contributed by atoms with Crippen LogP contribution in [-0.2, 0) is 6.42 Å². The molecule has 0 aliphatic carbocycles. The van der Waals surface area contributed by atoms with Crippen LogP contribution in [0, 0.1) is 6.92 Å². The van der Waals surface area contributed by atoms with E-state index < -0.39 is 0 Å². The SMILES string of the molecule is COc1ccc([C@@H]2CCCN2C(=O)NCCc2csc(C)n2)cc1. The number of aryl methyl sites for hydroxylation is 1. The Hall–Kier alpha value is -2.08. The zero-order valence-corrected chi connectivity index (χ0v) is 14.9. The van der Waals surface area contributed by atoms with Crippen LogP contribution in [-0.4, -0.2) is 36.1 Å². The zero-order chi connectivity index (χ0) is 16.9. The lowest BCUT2D eigenvalue weighted by molar-refractivity contribution is 0.193. The molecule has 1 saturated heterocycles. The van der Waals surface area contributed by atoms with Crippen LogP contribution in [0.15, 0.2) is 29.6 Å². The molecule has 2 heterocycles. The summed E-state index contributed by atoms with van der Waals surface area (Å²) in [5.74, 6) is 0.839. The lowest BCUT2D eigenvalue weighted by Gasteiger charge is -2.25. The first-order chi connectivity index (χ1) is 11.7. The molecule has 0 unspecified atom stereocenters. The van der Waals surface area contributed by atoms with Gasteiger partial charge in [-0.05, 0) is 37.5 Å². The molecule has 0 radical (unpaired) electrons. The number of nitrogens with zero attached hydrogens (tertiary/aromatic N) is 2. The Morgan fingerprint density at radius 1 is 1.42 bits per heavy atom. The standard InChI is InChI=1S/C18H23N3O2S/c1-13-20-15(12-24-13)9-10-19-18(22)21-11-3-4-17(21)14-5-7-16(23-2)8-6-14/h5-8,12,17H,3-4,9-11H2,1-2H3,(H,19,22)/t17-/m0/s1. The Labute approximate surface area is 146 Å². The van der Waals surface area contributed by atoms with E-state index in [4.69, 9.17) is 4.74 Å². The van der Waals surface area contributed by atoms with E-state index in [0.29, 0.717) is 6.54 Å². The molecule has 2 amide bonds. The minimum atomic E-state index is 0.0141. The van der Waals surface area contributed by atoms with E-state index in [-0.39, 0.29) is 12.1 Å². The third kappa shape index (κ3) is 3.87. The minimum Gasteiger partial charge on any atom is -0.497 e. The Morgan fingerprint density at radius 3 is 2.88 bits per heavy atom. The van der Waals surface area contributed by atoms with Gasteiger partial charge in [-0.1, -0.05) is 12.1 Å². The van der Waals surface area contributed by atoms with E-state index in [9.17, 15) is 4.79 Å². The van der Waals surface area contributed by atoms with E-state index in [1.165, 1.54) is 5.56 Å². The quantitative estimate of drug-likeness (QED) is 0.902. The molecule has 1 fully saturated rings. The first-order valence-corrected chi connectivity index (χ1v) is 9.15. The van der Waals surface area contributed by atoms with Gasteiger partial charge in [-0.2, -0.15) is 0 Å². The van der Waals surface area contributed by atoms with Gasteiger partial charge in [0.25, 0.3) is 0 Å². The molecule has 1 aliphatic rings. The summed E-state index contributed by atoms with van der Waals surface area (Å²) >= 11 is 1.64. The van der Waals surface area contributed by atoms with Crippen molar-refractivity contribution in [1.82, 2.24) is 15.2 Å². The maximum absolute atomic E-state index is 12.5. The van der Waals surface area contributed by atoms with Gasteiger partial charge in [0.2, 0.25) is 0 Å². The molecule has 24 heavy (non-hydrogen) atoms. The van der Waals surface area contributed by atoms with Gasteiger partial charge in [-0.25, -0.2) is 9.78 Å². The van der Waals surface area contributed by atoms with Crippen LogP contribution < -0.4 is 10.1 Å². The molecular formula is C18H23N3O2S. The van der Waals surface area contributed by atoms with Crippen LogP contribution in [0.5, 0.6) is 5.75 Å². The van der Waals surface area contributed by atoms with E-state index in [2.05, 4.69) is 15.7 Å². The van der Waals surface area contributed by atoms with Crippen molar-refractivity contribution in [3.8, 4) is 5.75 Å². The van der Waals surface area contributed by atoms with E-state index >= 15 is 0 Å². The van der Waals surface area contributed by atoms with Crippen molar-refractivity contribution in [2.75, 3.05) is 20.2 Å². The highest BCUT2D eigenvalue weighted by atomic mass is 32.1. The number of ether oxygens (including phenoxy) is 1. The first-order valence-electron chi connectivity index (χ1n) is 8.27. The predicted octanol–water partition coefficient (Wildman–Crippen LogP) is 3.55. The number of likely N-dealkylation sites (tertiary alicyclic amines) is 1. The Bertz CT molecular complexity index is 684. The van der Waals surface area contributed by atoms with Crippen LogP contribution >= 0.6 is 11.3 Å². The van der Waals surface area contributed by atoms with Crippen molar-refractivity contribution >= 4 is 17.4 Å². The molecule has 1 atom stereocenters. The first kappa shape index (κ1) is 16.8. The van der Waals surface area contributed by atoms with E-state index in [1.54, 1.807) is 18.4 Å². The van der Waals surface area contributed by atoms with Gasteiger partial charge in [0.15, 0.2) is 0 Å². The minimum absolute atomic E-state index is 0.0141. The second kappa shape index (κ2) is 7.66. The third-order valence-corrected chi connectivity index (χ3v) is 5.16. The number of thiazole rings is 1. The number of urea groups is 1. The van der Waals surface area contributed by atoms with Gasteiger partial charge in [0, 0.05) is 24.9 Å². The molecule has 1 aromatic heterocycles. The maximum Gasteiger partial charge on any atom is 0.317 e. The summed E-state index contributed by atoms with van der Waals surface area (Å²) in [7, 11) is 1.66. The maximum atomic E-state index is 12.5. The highest BCUT2D eigenvalue weighted by Crippen LogP contribution is 2.32. The monoisotopic (exact) mass is 345 g/mol. The smallest absolute Gasteiger partial charge is 0.317 e. The van der Waals surface area contributed by atoms with Crippen LogP contribution in [0.4, 0.5) is 4.79 Å². The molecule has 1 aliphatic heterocycles. The third-order valence-electron chi connectivity index (χ3n) is 4.34. The molecule has 5 nitrogen and oxygen atoms in total. The Kier molecular flexibility index (Phi) is 5.35. The van der Waals surface area contributed by atoms with Crippen molar-refractivity contribution in [3.63, 3.8) is 0 Å². The summed E-state index contributed by atoms with van der Waals surface area (Å²) in [6, 6.07) is 8.17. The second-order valence-electron chi connectivity index (χ2n) is 5.96. The van der Waals surface area contributed by atoms with Crippen molar-refractivity contribution in [3.05, 3.63) is 45.9 Å². The van der Waals surface area contributed by atoms with Gasteiger partial charge in [-0.3, -0.25) is 0 Å². The highest BCUT2D eigenvalue weighted by Gasteiger charge is 2.29. The predicted molar refractivity (Wildman–Crippen MR) is 95.6 cm³/mol. The molecule has 1 N–H and O–H groups in total. The fourth-order valence-corrected chi connectivity index (χ4v) is 3.75. The molecule has 0 saturated carbocycles. The molecule has 0 bridgehead atoms. The van der Waals surface area contributed by atoms with Gasteiger partial charge in [0.05, 0.1) is 23.9 Å². The summed E-state index contributed by atoms with van der Waals surface area (Å²) in [4.78, 5) is 18.9. The lowest BCUT2D eigenvalue weighted by atomic mass is 10.0. The summed E-state index contributed by atoms with van der Waals surface area (Å²) in [5.41, 5.74) is 2.21. The highest BCUT2D eigenvalue weighted by molar-refractivity contribution is 7.09. The van der Waals surface area contributed by atoms with Crippen LogP contribution in [0.2, 0.25) is 0 Å². The van der Waals surface area contributed by atoms with Crippen LogP contribution in [0.25, 0.3) is 0 Å². The fraction of sp³-hybridized carbons (Fsp3) is 0.444. The summed E-state index contributed by atoms with van der Waals surface area (Å²) in [6.07, 6.45) is 2.82. The van der Waals surface area contributed by atoms with Crippen molar-refractivity contribution < 1.29 is 9.53 Å². The largest absolute Gasteiger partial charge is 0.497 e. The Morgan fingerprint density at radius 2 is 2.21 bits per heavy atom. The van der Waals surface area contributed by atoms with Gasteiger partial charge >= 0.3 is 6.03 Å². The van der Waals surface area contributed by atoms with Gasteiger partial charge < -0.3 is 15.0 Å². The number of methoxy groups -OCH3 is 1. The molecule has 0 spiro atoms. The number of nitrogens with one attached hydrogen (secondary N) is 1. The topological polar surface area (TPSA) is 54.5 Å². The number of carbonyl (C=O) groups excluding carboxylic acids is 1. The number of benzene rings is 1. The van der Waals surface area contributed by atoms with Crippen LogP contribution in [0.1, 0.15) is 35.1 Å². The lowest BCUT2D eigenvalue weighted by Crippen LogP contribution is -2.40. The van der Waals surface area contributed by atoms with Crippen molar-refractivity contribution in [2.24, 2.45) is 0 Å². The summed E-state index contributed by atoms with van der Waals surface area (Å²) in [6.45, 7) is 3.42. The van der Waals surface area contributed by atoms with E-state index in [1.807, 2.05) is 36.1 Å². The molecule has 128 valence electrons. The number of rotatable bonds is 5.